The number of carbonyl (C=O) groups excluding carboxylic acids is 1. The van der Waals surface area contributed by atoms with Gasteiger partial charge in [-0.2, -0.15) is 0 Å². The zero-order chi connectivity index (χ0) is 16.5. The quantitative estimate of drug-likeness (QED) is 0.358. The lowest BCUT2D eigenvalue weighted by Crippen LogP contribution is -2.34. The number of unbranched alkanes of at least 4 members (excludes halogenated alkanes) is 2. The van der Waals surface area contributed by atoms with Crippen molar-refractivity contribution in [2.24, 2.45) is 5.41 Å². The van der Waals surface area contributed by atoms with E-state index in [1.54, 1.807) is 0 Å². The molecular weight excluding hydrogens is 297 g/mol. The molecule has 126 valence electrons. The van der Waals surface area contributed by atoms with E-state index < -0.39 is 20.5 Å². The Morgan fingerprint density at radius 3 is 2.38 bits per heavy atom. The second kappa shape index (κ2) is 9.54. The van der Waals surface area contributed by atoms with Gasteiger partial charge in [-0.25, -0.2) is 4.57 Å². The van der Waals surface area contributed by atoms with Crippen molar-refractivity contribution in [3.8, 4) is 0 Å². The Kier molecular flexibility index (Phi) is 9.33. The molecule has 1 atom stereocenters. The van der Waals surface area contributed by atoms with Gasteiger partial charge in [-0.05, 0) is 18.3 Å². The number of aliphatic hydroxyl groups excluding tert-OH is 1. The first-order valence-corrected chi connectivity index (χ1v) is 8.67. The predicted molar refractivity (Wildman–Crippen MR) is 79.6 cm³/mol. The van der Waals surface area contributed by atoms with E-state index in [-0.39, 0.29) is 12.5 Å². The minimum atomic E-state index is -4.58. The first-order chi connectivity index (χ1) is 9.49. The van der Waals surface area contributed by atoms with Crippen molar-refractivity contribution in [2.75, 3.05) is 13.2 Å². The van der Waals surface area contributed by atoms with Gasteiger partial charge in [0.25, 0.3) is 0 Å². The van der Waals surface area contributed by atoms with Crippen LogP contribution in [0.1, 0.15) is 52.9 Å². The van der Waals surface area contributed by atoms with Gasteiger partial charge in [0, 0.05) is 13.0 Å². The van der Waals surface area contributed by atoms with Crippen molar-refractivity contribution >= 4 is 13.7 Å². The molecule has 0 saturated carbocycles. The molecular formula is C13H28NO6P. The number of carbonyl (C=O) groups is 1. The molecule has 0 aliphatic heterocycles. The van der Waals surface area contributed by atoms with Crippen LogP contribution in [0.5, 0.6) is 0 Å². The summed E-state index contributed by atoms with van der Waals surface area (Å²) in [7, 11) is -4.58. The highest BCUT2D eigenvalue weighted by molar-refractivity contribution is 7.46. The highest BCUT2D eigenvalue weighted by atomic mass is 31.2. The second-order valence-corrected chi connectivity index (χ2v) is 7.60. The summed E-state index contributed by atoms with van der Waals surface area (Å²) in [4.78, 5) is 28.4. The van der Waals surface area contributed by atoms with Gasteiger partial charge in [0.2, 0.25) is 5.91 Å². The van der Waals surface area contributed by atoms with Crippen LogP contribution in [0.2, 0.25) is 0 Å². The number of nitrogens with one attached hydrogen (secondary N) is 1. The third kappa shape index (κ3) is 15.7. The predicted octanol–water partition coefficient (Wildman–Crippen LogP) is 1.57. The smallest absolute Gasteiger partial charge is 0.389 e. The van der Waals surface area contributed by atoms with E-state index in [0.29, 0.717) is 11.8 Å². The van der Waals surface area contributed by atoms with E-state index >= 15 is 0 Å². The minimum absolute atomic E-state index is 0.0825. The molecule has 0 aliphatic carbocycles. The number of hydrogen-bond acceptors (Lipinski definition) is 4. The van der Waals surface area contributed by atoms with E-state index in [4.69, 9.17) is 9.79 Å². The highest BCUT2D eigenvalue weighted by Gasteiger charge is 2.17. The minimum Gasteiger partial charge on any atom is -0.389 e. The highest BCUT2D eigenvalue weighted by Crippen LogP contribution is 2.35. The number of rotatable bonds is 10. The van der Waals surface area contributed by atoms with Gasteiger partial charge in [-0.3, -0.25) is 9.32 Å². The maximum Gasteiger partial charge on any atom is 0.469 e. The topological polar surface area (TPSA) is 116 Å². The van der Waals surface area contributed by atoms with Gasteiger partial charge in [0.05, 0.1) is 12.7 Å². The van der Waals surface area contributed by atoms with Crippen molar-refractivity contribution in [1.82, 2.24) is 5.32 Å². The van der Waals surface area contributed by atoms with E-state index in [0.717, 1.165) is 25.7 Å². The zero-order valence-electron chi connectivity index (χ0n) is 13.0. The molecule has 7 nitrogen and oxygen atoms in total. The van der Waals surface area contributed by atoms with E-state index in [2.05, 4.69) is 30.6 Å². The maximum atomic E-state index is 11.5. The monoisotopic (exact) mass is 325 g/mol. The van der Waals surface area contributed by atoms with Gasteiger partial charge in [-0.15, -0.1) is 0 Å². The van der Waals surface area contributed by atoms with Crippen LogP contribution in [-0.4, -0.2) is 40.1 Å². The van der Waals surface area contributed by atoms with Crippen LogP contribution in [0.3, 0.4) is 0 Å². The normalized spacial score (nSPS) is 14.0. The third-order valence-electron chi connectivity index (χ3n) is 2.80. The van der Waals surface area contributed by atoms with Crippen LogP contribution in [0.4, 0.5) is 0 Å². The van der Waals surface area contributed by atoms with Gasteiger partial charge < -0.3 is 20.2 Å². The molecule has 0 radical (unpaired) electrons. The summed E-state index contributed by atoms with van der Waals surface area (Å²) in [6.45, 7) is 5.94. The van der Waals surface area contributed by atoms with Gasteiger partial charge >= 0.3 is 7.82 Å². The van der Waals surface area contributed by atoms with Crippen LogP contribution in [-0.2, 0) is 13.9 Å². The SMILES string of the molecule is CC(C)(C)CCCCCC(=O)NCC(O)COP(=O)(O)O. The maximum absolute atomic E-state index is 11.5. The lowest BCUT2D eigenvalue weighted by Gasteiger charge is -2.17. The van der Waals surface area contributed by atoms with Crippen LogP contribution < -0.4 is 5.32 Å². The molecule has 0 saturated heterocycles. The number of phosphoric acid groups is 1. The fourth-order valence-corrected chi connectivity index (χ4v) is 2.05. The lowest BCUT2D eigenvalue weighted by atomic mass is 9.89. The first kappa shape index (κ1) is 20.5. The molecule has 1 unspecified atom stereocenters. The summed E-state index contributed by atoms with van der Waals surface area (Å²) in [5.41, 5.74) is 0.311. The largest absolute Gasteiger partial charge is 0.469 e. The Morgan fingerprint density at radius 2 is 1.86 bits per heavy atom. The van der Waals surface area contributed by atoms with E-state index in [1.165, 1.54) is 0 Å². The molecule has 0 heterocycles. The number of aliphatic hydroxyl groups is 1. The Labute approximate surface area is 126 Å². The summed E-state index contributed by atoms with van der Waals surface area (Å²) < 4.78 is 14.6. The fourth-order valence-electron chi connectivity index (χ4n) is 1.68. The Morgan fingerprint density at radius 1 is 1.24 bits per heavy atom. The summed E-state index contributed by atoms with van der Waals surface area (Å²) >= 11 is 0. The molecule has 0 fully saturated rings. The summed E-state index contributed by atoms with van der Waals surface area (Å²) in [5.74, 6) is -0.180. The molecule has 0 spiro atoms. The summed E-state index contributed by atoms with van der Waals surface area (Å²) in [5, 5.41) is 11.9. The Bertz CT molecular complexity index is 349. The fraction of sp³-hybridized carbons (Fsp3) is 0.923. The Hall–Kier alpha value is -0.460. The standard InChI is InChI=1S/C13H28NO6P/c1-13(2,3)8-6-4-5-7-12(16)14-9-11(15)10-20-21(17,18)19/h11,15H,4-10H2,1-3H3,(H,14,16)(H2,17,18,19). The summed E-state index contributed by atoms with van der Waals surface area (Å²) in [6.07, 6.45) is 3.21. The second-order valence-electron chi connectivity index (χ2n) is 6.37. The molecule has 0 aromatic carbocycles. The van der Waals surface area contributed by atoms with Crippen molar-refractivity contribution in [3.05, 3.63) is 0 Å². The van der Waals surface area contributed by atoms with E-state index in [9.17, 15) is 14.5 Å². The van der Waals surface area contributed by atoms with Crippen LogP contribution in [0, 0.1) is 5.41 Å². The zero-order valence-corrected chi connectivity index (χ0v) is 13.9. The average Bonchev–Trinajstić information content (AvgIpc) is 2.31. The van der Waals surface area contributed by atoms with Crippen molar-refractivity contribution in [3.63, 3.8) is 0 Å². The lowest BCUT2D eigenvalue weighted by molar-refractivity contribution is -0.121. The molecule has 0 bridgehead atoms. The molecule has 1 amide bonds. The third-order valence-corrected chi connectivity index (χ3v) is 3.29. The van der Waals surface area contributed by atoms with Gasteiger partial charge in [-0.1, -0.05) is 33.6 Å². The molecule has 21 heavy (non-hydrogen) atoms. The van der Waals surface area contributed by atoms with E-state index in [1.807, 2.05) is 0 Å². The molecule has 4 N–H and O–H groups in total. The Balaban J connectivity index is 3.60. The van der Waals surface area contributed by atoms with Crippen molar-refractivity contribution < 1.29 is 28.8 Å². The molecule has 0 aliphatic rings. The first-order valence-electron chi connectivity index (χ1n) is 7.14. The van der Waals surface area contributed by atoms with Crippen molar-refractivity contribution in [2.45, 2.75) is 59.0 Å². The molecule has 8 heteroatoms. The molecule has 0 rings (SSSR count). The molecule has 0 aromatic rings. The van der Waals surface area contributed by atoms with Crippen molar-refractivity contribution in [1.29, 1.82) is 0 Å². The number of hydrogen-bond donors (Lipinski definition) is 4. The average molecular weight is 325 g/mol. The molecule has 0 aromatic heterocycles. The number of phosphoric ester groups is 1. The van der Waals surface area contributed by atoms with Gasteiger partial charge in [0.15, 0.2) is 0 Å². The van der Waals surface area contributed by atoms with Crippen LogP contribution >= 0.6 is 7.82 Å². The van der Waals surface area contributed by atoms with Crippen LogP contribution in [0.15, 0.2) is 0 Å². The van der Waals surface area contributed by atoms with Crippen LogP contribution in [0.25, 0.3) is 0 Å². The number of amides is 1. The summed E-state index contributed by atoms with van der Waals surface area (Å²) in [6, 6.07) is 0. The van der Waals surface area contributed by atoms with Gasteiger partial charge in [0.1, 0.15) is 0 Å².